The second kappa shape index (κ2) is 68.8. The third-order valence-electron chi connectivity index (χ3n) is 24.0. The Morgan fingerprint density at radius 3 is 0.409 bits per heavy atom. The van der Waals surface area contributed by atoms with E-state index >= 15 is 0 Å². The van der Waals surface area contributed by atoms with E-state index in [2.05, 4.69) is 224 Å². The van der Waals surface area contributed by atoms with E-state index in [-0.39, 0.29) is 43.6 Å². The van der Waals surface area contributed by atoms with Crippen LogP contribution in [0.25, 0.3) is 0 Å². The number of likely N-dealkylation sites (N-methyl/N-ethyl adjacent to an activating group) is 11. The first kappa shape index (κ1) is 124. The Kier molecular flexibility index (Phi) is 67.2. The highest BCUT2D eigenvalue weighted by Crippen LogP contribution is 2.10. The van der Waals surface area contributed by atoms with Crippen molar-refractivity contribution in [3.63, 3.8) is 0 Å². The van der Waals surface area contributed by atoms with Crippen LogP contribution >= 0.6 is 0 Å². The van der Waals surface area contributed by atoms with Crippen LogP contribution in [0.15, 0.2) is 0 Å². The molecule has 36 nitrogen and oxygen atoms in total. The lowest BCUT2D eigenvalue weighted by molar-refractivity contribution is -0.894. The van der Waals surface area contributed by atoms with Crippen LogP contribution in [0.3, 0.4) is 0 Å². The molecule has 36 heteroatoms. The van der Waals surface area contributed by atoms with Crippen LogP contribution in [-0.2, 0) is 28.4 Å². The Balaban J connectivity index is 0. The second-order valence-corrected chi connectivity index (χ2v) is 42.6. The van der Waals surface area contributed by atoms with Crippen LogP contribution in [0.1, 0.15) is 91.4 Å². The van der Waals surface area contributed by atoms with Gasteiger partial charge < -0.3 is 146 Å². The molecule has 12 N–H and O–H groups in total. The number of nitrogens with one attached hydrogen (secondary N) is 12. The van der Waals surface area contributed by atoms with Gasteiger partial charge in [0.15, 0.2) is 0 Å². The third kappa shape index (κ3) is 80.3. The molecule has 754 valence electrons. The Bertz CT molecular complexity index is 2760. The van der Waals surface area contributed by atoms with Crippen molar-refractivity contribution < 1.29 is 107 Å². The Morgan fingerprint density at radius 1 is 0.189 bits per heavy atom. The van der Waals surface area contributed by atoms with Gasteiger partial charge in [0, 0.05) is 156 Å². The van der Waals surface area contributed by atoms with Gasteiger partial charge in [0.25, 0.3) is 0 Å². The van der Waals surface area contributed by atoms with Crippen molar-refractivity contribution in [2.45, 2.75) is 91.4 Å². The maximum Gasteiger partial charge on any atom is 0.314 e. The summed E-state index contributed by atoms with van der Waals surface area (Å²) in [5.74, 6) is 0. The number of nitrogens with zero attached hydrogens (tertiary/aromatic N) is 12. The van der Waals surface area contributed by atoms with Crippen LogP contribution < -0.4 is 63.8 Å². The van der Waals surface area contributed by atoms with Crippen LogP contribution in [0, 0.1) is 0 Å². The van der Waals surface area contributed by atoms with Gasteiger partial charge in [0.2, 0.25) is 0 Å². The minimum atomic E-state index is -0.122. The van der Waals surface area contributed by atoms with Crippen molar-refractivity contribution in [1.82, 2.24) is 68.7 Å². The number of ether oxygens (including phenoxy) is 6. The molecule has 12 amide bonds. The van der Waals surface area contributed by atoms with Gasteiger partial charge in [-0.1, -0.05) is 7.43 Å². The lowest BCUT2D eigenvalue weighted by Crippen LogP contribution is -2.47. The van der Waals surface area contributed by atoms with E-state index < -0.39 is 0 Å². The molecule has 0 saturated carbocycles. The van der Waals surface area contributed by atoms with Crippen LogP contribution in [-0.4, -0.2) is 568 Å². The minimum absolute atomic E-state index is 0. The monoisotopic (exact) mass is 1830 g/mol. The first-order valence-electron chi connectivity index (χ1n) is 48.1. The van der Waals surface area contributed by atoms with Crippen molar-refractivity contribution in [2.75, 3.05) is 477 Å². The van der Waals surface area contributed by atoms with Crippen LogP contribution in [0.4, 0.5) is 28.8 Å². The fourth-order valence-corrected chi connectivity index (χ4v) is 14.1. The second-order valence-electron chi connectivity index (χ2n) is 42.6. The van der Waals surface area contributed by atoms with E-state index in [0.717, 1.165) is 290 Å². The number of hydrogen-bond donors (Lipinski definition) is 12. The lowest BCUT2D eigenvalue weighted by atomic mass is 10.3. The topological polar surface area (TPSA) is 305 Å². The first-order valence-corrected chi connectivity index (χ1v) is 48.1. The molecule has 0 fully saturated rings. The zero-order chi connectivity index (χ0) is 95.0. The Labute approximate surface area is 776 Å². The van der Waals surface area contributed by atoms with E-state index in [4.69, 9.17) is 28.4 Å². The molecule has 0 aliphatic heterocycles. The van der Waals surface area contributed by atoms with E-state index in [0.29, 0.717) is 145 Å². The molecular weight excluding hydrogens is 1620 g/mol. The van der Waals surface area contributed by atoms with Gasteiger partial charge in [-0.05, 0) is 34.0 Å². The molecule has 0 aromatic carbocycles. The predicted octanol–water partition coefficient (Wildman–Crippen LogP) is 2.62. The molecule has 0 unspecified atom stereocenters. The van der Waals surface area contributed by atoms with Gasteiger partial charge in [-0.3, -0.25) is 0 Å². The highest BCUT2D eigenvalue weighted by Gasteiger charge is 2.26. The summed E-state index contributed by atoms with van der Waals surface area (Å²) in [5, 5.41) is 36.2. The summed E-state index contributed by atoms with van der Waals surface area (Å²) < 4.78 is 45.1. The number of hydrogen-bond acceptors (Lipinski definition) is 13. The largest absolute Gasteiger partial charge is 0.376 e. The predicted molar refractivity (Wildman–Crippen MR) is 520 cm³/mol. The summed E-state index contributed by atoms with van der Waals surface area (Å²) >= 11 is 0. The van der Waals surface area contributed by atoms with Crippen LogP contribution in [0.5, 0.6) is 0 Å². The van der Waals surface area contributed by atoms with Crippen molar-refractivity contribution in [3.8, 4) is 0 Å². The summed E-state index contributed by atoms with van der Waals surface area (Å²) in [6.07, 6.45) is 10.7. The van der Waals surface area contributed by atoms with E-state index in [1.54, 1.807) is 0 Å². The number of urea groups is 6. The molecule has 0 spiro atoms. The number of rotatable bonds is 82. The van der Waals surface area contributed by atoms with Crippen molar-refractivity contribution in [2.24, 2.45) is 0 Å². The zero-order valence-corrected chi connectivity index (χ0v) is 86.0. The number of amides is 12. The average Bonchev–Trinajstić information content (AvgIpc) is 0.943. The SMILES string of the molecule is C.CCOCC[N+](C)(C)CCCNC(=O)NCCC[N+](C)(C)CCOCC[N+](C)(C)CCCNC(=O)NCCC[N+](C)(C)CCOCC[N+](C)(C)CCCNC(=O)NCCC[N+](C)(C)CCOCC[N+](C)(C)CCCNC(=O)NCCC[N+](C)(C)CCOCC[N+](C)(C)CCCNC(=O)NCCC[N+](C)(C)CCOCC[N+](C)(C)CCCNC(=O)NCCCN(C)C. The maximum atomic E-state index is 12.7. The molecule has 0 bridgehead atoms. The molecule has 0 aliphatic carbocycles. The summed E-state index contributed by atoms with van der Waals surface area (Å²) in [7, 11) is 52.6. The minimum Gasteiger partial charge on any atom is -0.376 e. The number of carbonyl (C=O) groups excluding carboxylic acids is 6. The van der Waals surface area contributed by atoms with Gasteiger partial charge in [-0.25, -0.2) is 28.8 Å². The highest BCUT2D eigenvalue weighted by molar-refractivity contribution is 5.75. The molecule has 0 heterocycles. The summed E-state index contributed by atoms with van der Waals surface area (Å²) in [5.41, 5.74) is 0. The van der Waals surface area contributed by atoms with Crippen LogP contribution in [0.2, 0.25) is 0 Å². The van der Waals surface area contributed by atoms with E-state index in [1.807, 2.05) is 21.0 Å². The van der Waals surface area contributed by atoms with Crippen molar-refractivity contribution in [3.05, 3.63) is 0 Å². The zero-order valence-electron chi connectivity index (χ0n) is 86.0. The quantitative estimate of drug-likeness (QED) is 0.0309. The maximum absolute atomic E-state index is 12.7. The molecule has 0 radical (unpaired) electrons. The molecule has 0 aliphatic rings. The normalized spacial score (nSPS) is 12.8. The lowest BCUT2D eigenvalue weighted by Gasteiger charge is -2.31. The van der Waals surface area contributed by atoms with Gasteiger partial charge in [-0.15, -0.1) is 0 Å². The van der Waals surface area contributed by atoms with Gasteiger partial charge in [0.1, 0.15) is 72.0 Å². The summed E-state index contributed by atoms with van der Waals surface area (Å²) in [4.78, 5) is 76.9. The Hall–Kier alpha value is -5.10. The van der Waals surface area contributed by atoms with Gasteiger partial charge in [0.05, 0.1) is 300 Å². The molecule has 127 heavy (non-hydrogen) atoms. The van der Waals surface area contributed by atoms with Gasteiger partial charge >= 0.3 is 36.2 Å². The number of carbonyl (C=O) groups is 6. The highest BCUT2D eigenvalue weighted by atomic mass is 16.5. The fraction of sp³-hybridized carbons (Fsp3) is 0.934. The standard InChI is InChI=1S/C90H199N24O12.CH4/c1-26-121-74-63-104(4,5)52-28-41-93-86(116)94-42-30-54-106(8,9)66-77-123-78-67-108(12,13)56-32-45-97-88(118)98-46-34-58-110(16,17)70-81-125-82-71-112(20,21)60-36-49-101-90(120)102-50-38-62-114(24,25)73-84-126-83-72-113(22,23)61-37-48-100-89(119)99-47-35-59-111(18,19)69-80-124-79-68-109(14,15)57-33-44-96-87(117)95-43-31-55-107(10,11)65-76-122-75-64-105(6,7)53-29-40-92-85(115)91-39-27-51-103(2)3;/h26-84H2,1-25H3,(H6-6,91,92,93,94,95,96,97,98,99,100,101,102,115,116,117,118,119,120);1H4/q+5;/p+6. The summed E-state index contributed by atoms with van der Waals surface area (Å²) in [6, 6.07) is -0.671. The smallest absolute Gasteiger partial charge is 0.314 e. The molecule has 0 saturated heterocycles. The van der Waals surface area contributed by atoms with Gasteiger partial charge in [-0.2, -0.15) is 0 Å². The van der Waals surface area contributed by atoms with Crippen molar-refractivity contribution >= 4 is 36.2 Å². The molecule has 0 rings (SSSR count). The van der Waals surface area contributed by atoms with E-state index in [9.17, 15) is 28.8 Å². The molecular formula is C91H209N24O12+11. The molecule has 0 atom stereocenters. The van der Waals surface area contributed by atoms with Crippen molar-refractivity contribution in [1.29, 1.82) is 0 Å². The first-order chi connectivity index (χ1) is 58.9. The molecule has 0 aromatic heterocycles. The van der Waals surface area contributed by atoms with E-state index in [1.165, 1.54) is 0 Å². The molecule has 0 aromatic rings. The third-order valence-corrected chi connectivity index (χ3v) is 24.0. The number of quaternary nitrogens is 11. The Morgan fingerprint density at radius 2 is 0.299 bits per heavy atom. The average molecular weight is 1830 g/mol. The summed E-state index contributed by atoms with van der Waals surface area (Å²) in [6.45, 7) is 39.2. The fourth-order valence-electron chi connectivity index (χ4n) is 14.1.